The molecule has 0 aliphatic carbocycles. The molecule has 1 aliphatic heterocycles. The summed E-state index contributed by atoms with van der Waals surface area (Å²) in [6.45, 7) is 0. The highest BCUT2D eigenvalue weighted by Gasteiger charge is 2.39. The number of furan rings is 1. The Morgan fingerprint density at radius 1 is 1.28 bits per heavy atom. The van der Waals surface area contributed by atoms with Crippen molar-refractivity contribution in [2.24, 2.45) is 0 Å². The second kappa shape index (κ2) is 7.11. The summed E-state index contributed by atoms with van der Waals surface area (Å²) >= 11 is 0. The van der Waals surface area contributed by atoms with Gasteiger partial charge in [0.1, 0.15) is 11.7 Å². The maximum atomic E-state index is 13.3. The van der Waals surface area contributed by atoms with E-state index in [9.17, 15) is 14.7 Å². The third-order valence-corrected chi connectivity index (χ3v) is 4.42. The number of phenols is 1. The lowest BCUT2D eigenvalue weighted by Gasteiger charge is -2.27. The lowest BCUT2D eigenvalue weighted by molar-refractivity contribution is -0.136. The fourth-order valence-electron chi connectivity index (χ4n) is 3.10. The fourth-order valence-corrected chi connectivity index (χ4v) is 3.10. The summed E-state index contributed by atoms with van der Waals surface area (Å²) in [6.07, 6.45) is 1.35. The maximum absolute atomic E-state index is 13.3. The van der Waals surface area contributed by atoms with Gasteiger partial charge in [0.25, 0.3) is 0 Å². The molecular formula is C18H15N5O6. The first-order valence-corrected chi connectivity index (χ1v) is 8.37. The Kier molecular flexibility index (Phi) is 4.47. The number of aromatic hydroxyl groups is 1. The van der Waals surface area contributed by atoms with Crippen molar-refractivity contribution in [2.45, 2.75) is 6.04 Å². The van der Waals surface area contributed by atoms with Gasteiger partial charge in [0.2, 0.25) is 11.7 Å². The zero-order chi connectivity index (χ0) is 20.5. The van der Waals surface area contributed by atoms with E-state index in [0.29, 0.717) is 5.56 Å². The van der Waals surface area contributed by atoms with Gasteiger partial charge in [0.15, 0.2) is 17.3 Å². The number of anilines is 1. The average Bonchev–Trinajstić information content (AvgIpc) is 3.43. The van der Waals surface area contributed by atoms with Crippen LogP contribution in [0.5, 0.6) is 11.5 Å². The molecule has 1 aromatic carbocycles. The fraction of sp³-hybridized carbons (Fsp3) is 0.167. The van der Waals surface area contributed by atoms with Gasteiger partial charge in [-0.25, -0.2) is 4.79 Å². The number of ether oxygens (including phenoxy) is 2. The van der Waals surface area contributed by atoms with Gasteiger partial charge in [-0.1, -0.05) is 11.2 Å². The van der Waals surface area contributed by atoms with Gasteiger partial charge in [-0.2, -0.15) is 4.68 Å². The van der Waals surface area contributed by atoms with Crippen molar-refractivity contribution in [1.82, 2.24) is 20.2 Å². The molecule has 1 atom stereocenters. The summed E-state index contributed by atoms with van der Waals surface area (Å²) in [6, 6.07) is 6.64. The number of hydrogen-bond donors (Lipinski definition) is 2. The number of tetrazole rings is 1. The Bertz CT molecular complexity index is 1120. The lowest BCUT2D eigenvalue weighted by Crippen LogP contribution is -2.32. The molecule has 11 nitrogen and oxygen atoms in total. The molecule has 0 bridgehead atoms. The van der Waals surface area contributed by atoms with Crippen LogP contribution in [0.1, 0.15) is 22.2 Å². The Balaban J connectivity index is 1.97. The van der Waals surface area contributed by atoms with E-state index in [1.54, 1.807) is 12.1 Å². The van der Waals surface area contributed by atoms with Gasteiger partial charge in [-0.15, -0.1) is 0 Å². The highest BCUT2D eigenvalue weighted by molar-refractivity contribution is 6.13. The van der Waals surface area contributed by atoms with Gasteiger partial charge < -0.3 is 24.3 Å². The average molecular weight is 397 g/mol. The largest absolute Gasteiger partial charge is 0.504 e. The monoisotopic (exact) mass is 397 g/mol. The molecule has 3 heterocycles. The lowest BCUT2D eigenvalue weighted by atomic mass is 9.91. The van der Waals surface area contributed by atoms with Gasteiger partial charge in [0, 0.05) is 0 Å². The third-order valence-electron chi connectivity index (χ3n) is 4.42. The van der Waals surface area contributed by atoms with E-state index in [1.165, 1.54) is 43.4 Å². The molecule has 148 valence electrons. The number of phenolic OH excluding ortho intramolecular Hbond substituents is 1. The maximum Gasteiger partial charge on any atom is 0.355 e. The van der Waals surface area contributed by atoms with E-state index in [2.05, 4.69) is 20.8 Å². The van der Waals surface area contributed by atoms with E-state index >= 15 is 0 Å². The van der Waals surface area contributed by atoms with E-state index in [1.807, 2.05) is 0 Å². The van der Waals surface area contributed by atoms with E-state index in [-0.39, 0.29) is 34.5 Å². The van der Waals surface area contributed by atoms with Crippen LogP contribution in [0, 0.1) is 0 Å². The first-order valence-electron chi connectivity index (χ1n) is 8.37. The molecule has 0 amide bonds. The van der Waals surface area contributed by atoms with Gasteiger partial charge in [-0.05, 0) is 40.3 Å². The van der Waals surface area contributed by atoms with Crippen molar-refractivity contribution in [1.29, 1.82) is 0 Å². The van der Waals surface area contributed by atoms with Gasteiger partial charge in [-0.3, -0.25) is 4.79 Å². The molecule has 0 radical (unpaired) electrons. The molecule has 11 heteroatoms. The van der Waals surface area contributed by atoms with Crippen LogP contribution in [0.15, 0.2) is 52.3 Å². The van der Waals surface area contributed by atoms with Crippen LogP contribution < -0.4 is 10.1 Å². The second-order valence-corrected chi connectivity index (χ2v) is 5.99. The number of ketones is 1. The third kappa shape index (κ3) is 2.98. The number of carbonyl (C=O) groups is 2. The number of rotatable bonds is 5. The molecule has 1 aliphatic rings. The zero-order valence-electron chi connectivity index (χ0n) is 15.3. The predicted octanol–water partition coefficient (Wildman–Crippen LogP) is 1.31. The molecule has 0 saturated heterocycles. The van der Waals surface area contributed by atoms with Crippen molar-refractivity contribution in [2.75, 3.05) is 19.5 Å². The molecule has 0 saturated carbocycles. The molecule has 29 heavy (non-hydrogen) atoms. The first-order chi connectivity index (χ1) is 14.0. The highest BCUT2D eigenvalue weighted by Crippen LogP contribution is 2.39. The van der Waals surface area contributed by atoms with E-state index < -0.39 is 17.8 Å². The smallest absolute Gasteiger partial charge is 0.355 e. The van der Waals surface area contributed by atoms with Crippen LogP contribution in [0.4, 0.5) is 5.95 Å². The topological polar surface area (TPSA) is 142 Å². The molecule has 4 rings (SSSR count). The van der Waals surface area contributed by atoms with E-state index in [0.717, 1.165) is 0 Å². The molecule has 2 aromatic heterocycles. The van der Waals surface area contributed by atoms with Crippen LogP contribution in [-0.2, 0) is 9.53 Å². The summed E-state index contributed by atoms with van der Waals surface area (Å²) in [5.41, 5.74) is 0.388. The minimum Gasteiger partial charge on any atom is -0.504 e. The Morgan fingerprint density at radius 3 is 2.79 bits per heavy atom. The molecule has 2 N–H and O–H groups in total. The first kappa shape index (κ1) is 18.2. The quantitative estimate of drug-likeness (QED) is 0.478. The summed E-state index contributed by atoms with van der Waals surface area (Å²) < 4.78 is 16.6. The number of hydrogen-bond acceptors (Lipinski definition) is 10. The SMILES string of the molecule is COC(=O)C1=C(C(=O)c2ccco2)[C@@H](c2ccc(O)c(OC)c2)n2nnnc2N1. The normalized spacial score (nSPS) is 15.4. The van der Waals surface area contributed by atoms with Crippen molar-refractivity contribution in [3.8, 4) is 11.5 Å². The van der Waals surface area contributed by atoms with Crippen LogP contribution in [0.3, 0.4) is 0 Å². The Morgan fingerprint density at radius 2 is 2.10 bits per heavy atom. The number of esters is 1. The summed E-state index contributed by atoms with van der Waals surface area (Å²) in [4.78, 5) is 25.7. The predicted molar refractivity (Wildman–Crippen MR) is 96.3 cm³/mol. The number of allylic oxidation sites excluding steroid dienone is 1. The van der Waals surface area contributed by atoms with Gasteiger partial charge >= 0.3 is 5.97 Å². The standard InChI is InChI=1S/C18H15N5O6/c1-27-12-8-9(5-6-10(12)24)15-13(16(25)11-4-3-7-29-11)14(17(26)28-2)19-18-20-21-22-23(15)18/h3-8,15,24H,1-2H3,(H,19,20,22)/t15-/m1/s1. The number of carbonyl (C=O) groups excluding carboxylic acids is 2. The van der Waals surface area contributed by atoms with Crippen molar-refractivity contribution in [3.63, 3.8) is 0 Å². The highest BCUT2D eigenvalue weighted by atomic mass is 16.5. The van der Waals surface area contributed by atoms with Crippen LogP contribution in [-0.4, -0.2) is 51.3 Å². The molecule has 0 unspecified atom stereocenters. The molecular weight excluding hydrogens is 382 g/mol. The number of methoxy groups -OCH3 is 2. The number of nitrogens with zero attached hydrogens (tertiary/aromatic N) is 4. The molecule has 0 fully saturated rings. The molecule has 0 spiro atoms. The van der Waals surface area contributed by atoms with Gasteiger partial charge in [0.05, 0.1) is 26.1 Å². The Hall–Kier alpha value is -4.15. The summed E-state index contributed by atoms with van der Waals surface area (Å²) in [7, 11) is 2.59. The van der Waals surface area contributed by atoms with Crippen molar-refractivity contribution >= 4 is 17.7 Å². The van der Waals surface area contributed by atoms with Crippen molar-refractivity contribution in [3.05, 3.63) is 59.2 Å². The number of aromatic nitrogens is 4. The number of fused-ring (bicyclic) bond motifs is 1. The number of Topliss-reactive ketones (excluding diaryl/α,β-unsaturated/α-hetero) is 1. The minimum absolute atomic E-state index is 0.0133. The van der Waals surface area contributed by atoms with Crippen LogP contribution >= 0.6 is 0 Å². The number of benzene rings is 1. The molecule has 3 aromatic rings. The zero-order valence-corrected chi connectivity index (χ0v) is 15.3. The minimum atomic E-state index is -0.914. The van der Waals surface area contributed by atoms with Crippen LogP contribution in [0.2, 0.25) is 0 Å². The van der Waals surface area contributed by atoms with Crippen molar-refractivity contribution < 1.29 is 28.6 Å². The second-order valence-electron chi connectivity index (χ2n) is 5.99. The summed E-state index contributed by atoms with van der Waals surface area (Å²) in [5, 5.41) is 24.1. The summed E-state index contributed by atoms with van der Waals surface area (Å²) in [5.74, 6) is -1.07. The number of nitrogens with one attached hydrogen (secondary N) is 1. The Labute approximate surface area is 163 Å². The van der Waals surface area contributed by atoms with E-state index in [4.69, 9.17) is 13.9 Å². The van der Waals surface area contributed by atoms with Crippen LogP contribution in [0.25, 0.3) is 0 Å².